The summed E-state index contributed by atoms with van der Waals surface area (Å²) in [5.74, 6) is 0.108. The lowest BCUT2D eigenvalue weighted by Gasteiger charge is -2.36. The number of fused-ring (bicyclic) bond motifs is 1. The van der Waals surface area contributed by atoms with Crippen molar-refractivity contribution in [1.82, 2.24) is 14.8 Å². The van der Waals surface area contributed by atoms with E-state index >= 15 is 0 Å². The molecular formula is C22H20F2N6O3. The SMILES string of the molecule is CC1=C(N)[C@@H](c2ccc(C#N)cc2C(O)CO)n2c(n[nH]c2=O)N1c1cccc(C(F)F)c1. The molecule has 1 aliphatic heterocycles. The van der Waals surface area contributed by atoms with E-state index in [0.717, 1.165) is 0 Å². The van der Waals surface area contributed by atoms with Gasteiger partial charge in [-0.3, -0.25) is 4.90 Å². The van der Waals surface area contributed by atoms with Crippen LogP contribution in [0.2, 0.25) is 0 Å². The number of allylic oxidation sites excluding steroid dienone is 2. The molecule has 0 spiro atoms. The summed E-state index contributed by atoms with van der Waals surface area (Å²) < 4.78 is 27.8. The Hall–Kier alpha value is -4.01. The molecule has 4 rings (SSSR count). The molecule has 2 heterocycles. The largest absolute Gasteiger partial charge is 0.399 e. The fourth-order valence-electron chi connectivity index (χ4n) is 4.00. The molecule has 0 fully saturated rings. The van der Waals surface area contributed by atoms with E-state index in [1.54, 1.807) is 19.1 Å². The summed E-state index contributed by atoms with van der Waals surface area (Å²) in [6, 6.07) is 11.2. The van der Waals surface area contributed by atoms with Crippen LogP contribution in [0.15, 0.2) is 58.7 Å². The van der Waals surface area contributed by atoms with Crippen molar-refractivity contribution >= 4 is 11.6 Å². The number of nitriles is 1. The number of nitrogens with one attached hydrogen (secondary N) is 1. The van der Waals surface area contributed by atoms with E-state index in [4.69, 9.17) is 5.73 Å². The third-order valence-corrected chi connectivity index (χ3v) is 5.61. The van der Waals surface area contributed by atoms with E-state index in [-0.39, 0.29) is 28.3 Å². The molecule has 170 valence electrons. The van der Waals surface area contributed by atoms with Crippen molar-refractivity contribution in [3.63, 3.8) is 0 Å². The second-order valence-corrected chi connectivity index (χ2v) is 7.53. The van der Waals surface area contributed by atoms with Crippen molar-refractivity contribution in [3.8, 4) is 6.07 Å². The van der Waals surface area contributed by atoms with Crippen LogP contribution in [0.4, 0.5) is 20.4 Å². The van der Waals surface area contributed by atoms with E-state index in [9.17, 15) is 29.1 Å². The number of nitrogens with zero attached hydrogens (tertiary/aromatic N) is 4. The van der Waals surface area contributed by atoms with Gasteiger partial charge >= 0.3 is 5.69 Å². The van der Waals surface area contributed by atoms with Crippen LogP contribution < -0.4 is 16.3 Å². The molecule has 2 aromatic carbocycles. The number of hydrogen-bond donors (Lipinski definition) is 4. The molecule has 0 saturated heterocycles. The monoisotopic (exact) mass is 454 g/mol. The number of hydrogen-bond acceptors (Lipinski definition) is 7. The maximum atomic E-state index is 13.3. The average molecular weight is 454 g/mol. The second kappa shape index (κ2) is 8.50. The van der Waals surface area contributed by atoms with Gasteiger partial charge in [-0.05, 0) is 42.3 Å². The number of anilines is 2. The first-order chi connectivity index (χ1) is 15.8. The van der Waals surface area contributed by atoms with Crippen molar-refractivity contribution in [2.24, 2.45) is 5.73 Å². The zero-order valence-electron chi connectivity index (χ0n) is 17.4. The molecule has 3 aromatic rings. The number of H-pyrrole nitrogens is 1. The zero-order chi connectivity index (χ0) is 23.9. The van der Waals surface area contributed by atoms with Crippen LogP contribution in [0.25, 0.3) is 0 Å². The van der Waals surface area contributed by atoms with Crippen LogP contribution in [-0.2, 0) is 0 Å². The topological polar surface area (TPSA) is 144 Å². The summed E-state index contributed by atoms with van der Waals surface area (Å²) in [6.45, 7) is 1.04. The Labute approximate surface area is 186 Å². The minimum Gasteiger partial charge on any atom is -0.399 e. The maximum Gasteiger partial charge on any atom is 0.345 e. The number of benzene rings is 2. The normalized spacial score (nSPS) is 16.6. The van der Waals surface area contributed by atoms with Crippen LogP contribution in [0.1, 0.15) is 47.7 Å². The number of aromatic amines is 1. The van der Waals surface area contributed by atoms with Gasteiger partial charge in [0.1, 0.15) is 12.1 Å². The van der Waals surface area contributed by atoms with Gasteiger partial charge in [-0.1, -0.05) is 18.2 Å². The maximum absolute atomic E-state index is 13.3. The number of aromatic nitrogens is 3. The number of rotatable bonds is 5. The molecule has 1 unspecified atom stereocenters. The smallest absolute Gasteiger partial charge is 0.345 e. The van der Waals surface area contributed by atoms with Gasteiger partial charge in [-0.25, -0.2) is 23.2 Å². The van der Waals surface area contributed by atoms with Gasteiger partial charge in [0.25, 0.3) is 6.43 Å². The van der Waals surface area contributed by atoms with Gasteiger partial charge in [-0.15, -0.1) is 5.10 Å². The van der Waals surface area contributed by atoms with Gasteiger partial charge < -0.3 is 15.9 Å². The highest BCUT2D eigenvalue weighted by Crippen LogP contribution is 2.41. The van der Waals surface area contributed by atoms with Crippen LogP contribution in [0.3, 0.4) is 0 Å². The minimum atomic E-state index is -2.69. The summed E-state index contributed by atoms with van der Waals surface area (Å²) in [5.41, 5.74) is 7.50. The van der Waals surface area contributed by atoms with Gasteiger partial charge in [0.15, 0.2) is 0 Å². The Balaban J connectivity index is 1.95. The molecule has 11 heteroatoms. The standard InChI is InChI=1S/C22H20F2N6O3/c1-11-18(26)19(15-6-5-12(9-25)7-16(15)17(32)10-31)30-21(27-28-22(30)33)29(11)14-4-2-3-13(8-14)20(23)24/h2-8,17,19-20,31-32H,10,26H2,1H3,(H,28,33)/t17?,19-/m1/s1. The lowest BCUT2D eigenvalue weighted by Crippen LogP contribution is -2.38. The molecule has 5 N–H and O–H groups in total. The molecule has 1 aliphatic rings. The van der Waals surface area contributed by atoms with Crippen LogP contribution in [0, 0.1) is 11.3 Å². The Morgan fingerprint density at radius 3 is 2.73 bits per heavy atom. The first-order valence-electron chi connectivity index (χ1n) is 9.92. The fourth-order valence-corrected chi connectivity index (χ4v) is 4.00. The molecule has 0 bridgehead atoms. The Kier molecular flexibility index (Phi) is 5.71. The van der Waals surface area contributed by atoms with E-state index in [2.05, 4.69) is 10.2 Å². The number of aliphatic hydroxyl groups is 2. The molecule has 0 amide bonds. The van der Waals surface area contributed by atoms with Gasteiger partial charge in [0, 0.05) is 16.9 Å². The highest BCUT2D eigenvalue weighted by atomic mass is 19.3. The molecule has 0 aliphatic carbocycles. The Morgan fingerprint density at radius 1 is 1.30 bits per heavy atom. The minimum absolute atomic E-state index is 0.108. The Morgan fingerprint density at radius 2 is 2.06 bits per heavy atom. The van der Waals surface area contributed by atoms with Crippen molar-refractivity contribution in [2.45, 2.75) is 25.5 Å². The van der Waals surface area contributed by atoms with Crippen LogP contribution in [-0.4, -0.2) is 31.6 Å². The van der Waals surface area contributed by atoms with Crippen molar-refractivity contribution < 1.29 is 19.0 Å². The summed E-state index contributed by atoms with van der Waals surface area (Å²) in [6.07, 6.45) is -4.01. The highest BCUT2D eigenvalue weighted by Gasteiger charge is 2.36. The van der Waals surface area contributed by atoms with E-state index < -0.39 is 30.9 Å². The molecule has 9 nitrogen and oxygen atoms in total. The predicted molar refractivity (Wildman–Crippen MR) is 115 cm³/mol. The molecular weight excluding hydrogens is 434 g/mol. The van der Waals surface area contributed by atoms with Gasteiger partial charge in [0.05, 0.1) is 23.9 Å². The van der Waals surface area contributed by atoms with Crippen molar-refractivity contribution in [2.75, 3.05) is 11.5 Å². The Bertz CT molecular complexity index is 1340. The lowest BCUT2D eigenvalue weighted by atomic mass is 9.91. The predicted octanol–water partition coefficient (Wildman–Crippen LogP) is 2.34. The number of nitrogens with two attached hydrogens (primary N) is 1. The third-order valence-electron chi connectivity index (χ3n) is 5.61. The van der Waals surface area contributed by atoms with E-state index in [1.165, 1.54) is 39.8 Å². The number of halogens is 2. The first-order valence-corrected chi connectivity index (χ1v) is 9.92. The van der Waals surface area contributed by atoms with Crippen LogP contribution >= 0.6 is 0 Å². The van der Waals surface area contributed by atoms with E-state index in [1.807, 2.05) is 6.07 Å². The summed E-state index contributed by atoms with van der Waals surface area (Å²) in [4.78, 5) is 14.3. The molecule has 33 heavy (non-hydrogen) atoms. The summed E-state index contributed by atoms with van der Waals surface area (Å²) in [5, 5.41) is 35.6. The lowest BCUT2D eigenvalue weighted by molar-refractivity contribution is 0.0945. The molecule has 2 atom stereocenters. The van der Waals surface area contributed by atoms with Gasteiger partial charge in [-0.2, -0.15) is 5.26 Å². The summed E-state index contributed by atoms with van der Waals surface area (Å²) in [7, 11) is 0. The zero-order valence-corrected chi connectivity index (χ0v) is 17.4. The van der Waals surface area contributed by atoms with Gasteiger partial charge in [0.2, 0.25) is 5.95 Å². The van der Waals surface area contributed by atoms with E-state index in [0.29, 0.717) is 16.9 Å². The quantitative estimate of drug-likeness (QED) is 0.463. The highest BCUT2D eigenvalue weighted by molar-refractivity contribution is 5.67. The number of aliphatic hydroxyl groups excluding tert-OH is 2. The first kappa shape index (κ1) is 22.2. The summed E-state index contributed by atoms with van der Waals surface area (Å²) >= 11 is 0. The fraction of sp³-hybridized carbons (Fsp3) is 0.227. The van der Waals surface area contributed by atoms with Crippen molar-refractivity contribution in [3.05, 3.63) is 86.6 Å². The third kappa shape index (κ3) is 3.65. The number of alkyl halides is 2. The molecule has 0 saturated carbocycles. The molecule has 0 radical (unpaired) electrons. The molecule has 1 aromatic heterocycles. The average Bonchev–Trinajstić information content (AvgIpc) is 3.19. The van der Waals surface area contributed by atoms with Crippen molar-refractivity contribution in [1.29, 1.82) is 5.26 Å². The second-order valence-electron chi connectivity index (χ2n) is 7.53. The van der Waals surface area contributed by atoms with Crippen LogP contribution in [0.5, 0.6) is 0 Å².